The zero-order valence-corrected chi connectivity index (χ0v) is 19.7. The van der Waals surface area contributed by atoms with E-state index >= 15 is 0 Å². The number of allylic oxidation sites excluding steroid dienone is 1. The molecular weight excluding hydrogens is 480 g/mol. The van der Waals surface area contributed by atoms with Crippen LogP contribution < -0.4 is 4.90 Å². The van der Waals surface area contributed by atoms with Crippen LogP contribution in [0.4, 0.5) is 10.2 Å². The first-order chi connectivity index (χ1) is 16.4. The van der Waals surface area contributed by atoms with Crippen molar-refractivity contribution in [3.05, 3.63) is 69.3 Å². The quantitative estimate of drug-likeness (QED) is 0.405. The van der Waals surface area contributed by atoms with Crippen molar-refractivity contribution in [2.75, 3.05) is 18.0 Å². The summed E-state index contributed by atoms with van der Waals surface area (Å²) in [4.78, 5) is 16.9. The van der Waals surface area contributed by atoms with E-state index in [0.29, 0.717) is 40.3 Å². The number of anilines is 1. The first-order valence-corrected chi connectivity index (χ1v) is 11.9. The van der Waals surface area contributed by atoms with Crippen molar-refractivity contribution in [1.29, 1.82) is 0 Å². The van der Waals surface area contributed by atoms with Gasteiger partial charge in [0.2, 0.25) is 0 Å². The van der Waals surface area contributed by atoms with Gasteiger partial charge in [0.15, 0.2) is 11.6 Å². The van der Waals surface area contributed by atoms with Crippen molar-refractivity contribution >= 4 is 41.1 Å². The number of hydrogen-bond donors (Lipinski definition) is 1. The van der Waals surface area contributed by atoms with E-state index in [0.717, 1.165) is 43.1 Å². The van der Waals surface area contributed by atoms with Gasteiger partial charge in [0.05, 0.1) is 15.6 Å². The van der Waals surface area contributed by atoms with Crippen LogP contribution in [-0.2, 0) is 0 Å². The van der Waals surface area contributed by atoms with E-state index in [-0.39, 0.29) is 17.3 Å². The number of carboxylic acid groups (broad SMARTS) is 1. The molecule has 0 spiro atoms. The Bertz CT molecular complexity index is 1240. The molecule has 1 aliphatic carbocycles. The lowest BCUT2D eigenvalue weighted by atomic mass is 9.94. The first-order valence-electron chi connectivity index (χ1n) is 11.2. The summed E-state index contributed by atoms with van der Waals surface area (Å²) < 4.78 is 20.1. The molecule has 9 heteroatoms. The molecule has 2 fully saturated rings. The molecule has 1 saturated carbocycles. The van der Waals surface area contributed by atoms with Crippen LogP contribution >= 0.6 is 23.2 Å². The molecule has 1 saturated heterocycles. The number of carbonyl (C=O) groups is 1. The number of piperidine rings is 1. The number of nitrogens with zero attached hydrogens (tertiary/aromatic N) is 3. The van der Waals surface area contributed by atoms with Gasteiger partial charge in [0.25, 0.3) is 0 Å². The van der Waals surface area contributed by atoms with Crippen molar-refractivity contribution in [1.82, 2.24) is 10.1 Å². The Morgan fingerprint density at radius 3 is 2.50 bits per heavy atom. The largest absolute Gasteiger partial charge is 0.478 e. The summed E-state index contributed by atoms with van der Waals surface area (Å²) in [5.41, 5.74) is 2.07. The number of hydrogen-bond acceptors (Lipinski definition) is 5. The van der Waals surface area contributed by atoms with E-state index in [9.17, 15) is 9.18 Å². The molecule has 1 aromatic carbocycles. The van der Waals surface area contributed by atoms with Crippen molar-refractivity contribution in [3.8, 4) is 11.3 Å². The minimum atomic E-state index is -1.20. The van der Waals surface area contributed by atoms with Crippen LogP contribution in [0, 0.1) is 11.7 Å². The molecule has 3 heterocycles. The third kappa shape index (κ3) is 4.55. The van der Waals surface area contributed by atoms with Gasteiger partial charge in [-0.25, -0.2) is 14.2 Å². The van der Waals surface area contributed by atoms with Gasteiger partial charge in [0, 0.05) is 36.3 Å². The normalized spacial score (nSPS) is 17.0. The van der Waals surface area contributed by atoms with Crippen molar-refractivity contribution in [2.45, 2.75) is 31.6 Å². The molecule has 0 unspecified atom stereocenters. The van der Waals surface area contributed by atoms with E-state index in [4.69, 9.17) is 32.8 Å². The lowest BCUT2D eigenvalue weighted by Crippen LogP contribution is -2.34. The fourth-order valence-electron chi connectivity index (χ4n) is 4.33. The Balaban J connectivity index is 1.33. The molecule has 2 aliphatic rings. The maximum Gasteiger partial charge on any atom is 0.337 e. The van der Waals surface area contributed by atoms with Crippen LogP contribution in [-0.4, -0.2) is 34.3 Å². The molecule has 34 heavy (non-hydrogen) atoms. The van der Waals surface area contributed by atoms with Crippen LogP contribution in [0.25, 0.3) is 17.3 Å². The third-order valence-electron chi connectivity index (χ3n) is 6.35. The summed E-state index contributed by atoms with van der Waals surface area (Å²) in [5, 5.41) is 14.4. The van der Waals surface area contributed by atoms with Crippen LogP contribution in [0.15, 0.2) is 41.1 Å². The Morgan fingerprint density at radius 2 is 1.88 bits per heavy atom. The van der Waals surface area contributed by atoms with Gasteiger partial charge in [-0.1, -0.05) is 46.6 Å². The van der Waals surface area contributed by atoms with Crippen LogP contribution in [0.2, 0.25) is 10.0 Å². The van der Waals surface area contributed by atoms with Crippen LogP contribution in [0.1, 0.15) is 53.3 Å². The number of pyridine rings is 1. The molecule has 176 valence electrons. The maximum absolute atomic E-state index is 14.4. The smallest absolute Gasteiger partial charge is 0.337 e. The zero-order valence-electron chi connectivity index (χ0n) is 18.2. The Morgan fingerprint density at radius 1 is 1.18 bits per heavy atom. The van der Waals surface area contributed by atoms with E-state index in [2.05, 4.69) is 22.3 Å². The second-order valence-corrected chi connectivity index (χ2v) is 9.51. The van der Waals surface area contributed by atoms with Gasteiger partial charge >= 0.3 is 5.97 Å². The fourth-order valence-corrected chi connectivity index (χ4v) is 4.91. The highest BCUT2D eigenvalue weighted by molar-refractivity contribution is 6.39. The summed E-state index contributed by atoms with van der Waals surface area (Å²) in [6, 6.07) is 6.39. The summed E-state index contributed by atoms with van der Waals surface area (Å²) >= 11 is 12.9. The van der Waals surface area contributed by atoms with Crippen LogP contribution in [0.3, 0.4) is 0 Å². The van der Waals surface area contributed by atoms with Crippen molar-refractivity contribution < 1.29 is 18.8 Å². The average Bonchev–Trinajstić information content (AvgIpc) is 3.58. The van der Waals surface area contributed by atoms with E-state index in [1.54, 1.807) is 18.2 Å². The molecule has 0 atom stereocenters. The molecule has 1 N–H and O–H groups in total. The van der Waals surface area contributed by atoms with E-state index in [1.807, 2.05) is 4.90 Å². The minimum absolute atomic E-state index is 0.159. The molecule has 2 aromatic heterocycles. The van der Waals surface area contributed by atoms with E-state index < -0.39 is 11.8 Å². The highest BCUT2D eigenvalue weighted by Crippen LogP contribution is 2.46. The number of benzene rings is 1. The molecule has 0 radical (unpaired) electrons. The highest BCUT2D eigenvalue weighted by Gasteiger charge is 2.33. The Kier molecular flexibility index (Phi) is 6.32. The van der Waals surface area contributed by atoms with Crippen molar-refractivity contribution in [2.24, 2.45) is 5.92 Å². The number of aromatic nitrogens is 2. The second-order valence-electron chi connectivity index (χ2n) is 8.70. The number of rotatable bonds is 6. The lowest BCUT2D eigenvalue weighted by molar-refractivity contribution is 0.0696. The maximum atomic E-state index is 14.4. The summed E-state index contributed by atoms with van der Waals surface area (Å²) in [6.45, 7) is 1.24. The average molecular weight is 502 g/mol. The number of aromatic carboxylic acids is 1. The summed E-state index contributed by atoms with van der Waals surface area (Å²) in [6.07, 6.45) is 9.17. The minimum Gasteiger partial charge on any atom is -0.478 e. The molecule has 1 aliphatic heterocycles. The van der Waals surface area contributed by atoms with Gasteiger partial charge in [-0.3, -0.25) is 0 Å². The van der Waals surface area contributed by atoms with Gasteiger partial charge < -0.3 is 14.5 Å². The predicted molar refractivity (Wildman–Crippen MR) is 129 cm³/mol. The molecule has 0 bridgehead atoms. The Labute approximate surface area is 206 Å². The van der Waals surface area contributed by atoms with Gasteiger partial charge in [0.1, 0.15) is 11.5 Å². The van der Waals surface area contributed by atoms with E-state index in [1.165, 1.54) is 6.20 Å². The topological polar surface area (TPSA) is 79.5 Å². The monoisotopic (exact) mass is 501 g/mol. The molecule has 5 rings (SSSR count). The predicted octanol–water partition coefficient (Wildman–Crippen LogP) is 6.69. The van der Waals surface area contributed by atoms with Gasteiger partial charge in [-0.2, -0.15) is 0 Å². The first kappa shape index (κ1) is 22.9. The molecule has 6 nitrogen and oxygen atoms in total. The van der Waals surface area contributed by atoms with Crippen LogP contribution in [0.5, 0.6) is 0 Å². The van der Waals surface area contributed by atoms with Gasteiger partial charge in [-0.05, 0) is 49.8 Å². The third-order valence-corrected chi connectivity index (χ3v) is 6.98. The molecular formula is C25H22Cl2FN3O3. The summed E-state index contributed by atoms with van der Waals surface area (Å²) in [5.74, 6) is -0.101. The standard InChI is InChI=1S/C25H22Cl2FN3O3/c26-18-2-1-3-19(27)21(18)22-17(23(34-30-22)15-5-6-15)7-4-14-8-10-31(11-9-14)24-20(28)12-16(13-29-24)25(32)33/h1-4,7,12-15H,5-6,8-11H2,(H,32,33). The number of halogens is 3. The molecule has 0 amide bonds. The lowest BCUT2D eigenvalue weighted by Gasteiger charge is -2.31. The summed E-state index contributed by atoms with van der Waals surface area (Å²) in [7, 11) is 0. The Hall–Kier alpha value is -2.90. The molecule has 3 aromatic rings. The SMILES string of the molecule is O=C(O)c1cnc(N2CCC(C=Cc3c(-c4c(Cl)cccc4Cl)noc3C3CC3)CC2)c(F)c1. The fraction of sp³-hybridized carbons (Fsp3) is 0.320. The van der Waals surface area contributed by atoms with Crippen molar-refractivity contribution in [3.63, 3.8) is 0 Å². The second kappa shape index (κ2) is 9.39. The highest BCUT2D eigenvalue weighted by atomic mass is 35.5. The zero-order chi connectivity index (χ0) is 23.8. The van der Waals surface area contributed by atoms with Gasteiger partial charge in [-0.15, -0.1) is 0 Å². The number of carboxylic acids is 1.